The number of pyridine rings is 2. The van der Waals surface area contributed by atoms with Crippen molar-refractivity contribution < 1.29 is 13.5 Å². The first-order valence-electron chi connectivity index (χ1n) is 8.83. The molecule has 4 rings (SSSR count). The molecule has 0 bridgehead atoms. The zero-order valence-corrected chi connectivity index (χ0v) is 15.8. The first kappa shape index (κ1) is 17.9. The maximum absolute atomic E-state index is 11.6. The normalized spacial score (nSPS) is 20.3. The van der Waals surface area contributed by atoms with E-state index in [0.29, 0.717) is 18.9 Å². The first-order valence-corrected chi connectivity index (χ1v) is 10.7. The molecule has 6 nitrogen and oxygen atoms in total. The van der Waals surface area contributed by atoms with Crippen molar-refractivity contribution in [1.82, 2.24) is 9.97 Å². The van der Waals surface area contributed by atoms with Gasteiger partial charge in [0, 0.05) is 43.0 Å². The average molecular weight is 383 g/mol. The van der Waals surface area contributed by atoms with E-state index in [9.17, 15) is 13.5 Å². The third-order valence-electron chi connectivity index (χ3n) is 5.10. The number of fused-ring (bicyclic) bond motifs is 1. The molecule has 0 aliphatic carbocycles. The van der Waals surface area contributed by atoms with Crippen molar-refractivity contribution in [3.05, 3.63) is 60.4 Å². The van der Waals surface area contributed by atoms with Gasteiger partial charge in [-0.05, 0) is 36.2 Å². The van der Waals surface area contributed by atoms with E-state index in [0.717, 1.165) is 17.3 Å². The number of aliphatic hydroxyl groups excluding tert-OH is 1. The summed E-state index contributed by atoms with van der Waals surface area (Å²) in [4.78, 5) is 10.9. The van der Waals surface area contributed by atoms with Crippen LogP contribution in [0.4, 0.5) is 5.82 Å². The summed E-state index contributed by atoms with van der Waals surface area (Å²) in [7, 11) is -3.26. The molecular weight excluding hydrogens is 362 g/mol. The number of hydrogen-bond acceptors (Lipinski definition) is 6. The second-order valence-electron chi connectivity index (χ2n) is 7.05. The van der Waals surface area contributed by atoms with Crippen molar-refractivity contribution in [2.75, 3.05) is 24.2 Å². The van der Waals surface area contributed by atoms with Crippen molar-refractivity contribution >= 4 is 26.6 Å². The Bertz CT molecular complexity index is 1060. The maximum atomic E-state index is 11.6. The van der Waals surface area contributed by atoms with Gasteiger partial charge < -0.3 is 10.0 Å². The number of aliphatic hydroxyl groups is 1. The van der Waals surface area contributed by atoms with Gasteiger partial charge in [0.2, 0.25) is 0 Å². The molecular formula is C20H21N3O3S. The van der Waals surface area contributed by atoms with Crippen LogP contribution in [-0.4, -0.2) is 48.9 Å². The predicted octanol–water partition coefficient (Wildman–Crippen LogP) is 2.07. The van der Waals surface area contributed by atoms with E-state index in [-0.39, 0.29) is 10.8 Å². The standard InChI is InChI=1S/C20H21N3O3S/c1-27(25,26)16-6-7-20(22-11-16)23-12-15(19(24)13-23)10-14-8-9-21-18-5-3-2-4-17(14)18/h2-9,11,15,19,24H,10,12-13H2,1H3/t15-,19-/m1/s1. The molecule has 1 fully saturated rings. The summed E-state index contributed by atoms with van der Waals surface area (Å²) < 4.78 is 23.2. The molecule has 1 saturated heterocycles. The summed E-state index contributed by atoms with van der Waals surface area (Å²) in [5, 5.41) is 11.7. The number of nitrogens with zero attached hydrogens (tertiary/aromatic N) is 3. The van der Waals surface area contributed by atoms with Crippen LogP contribution >= 0.6 is 0 Å². The fourth-order valence-electron chi connectivity index (χ4n) is 3.64. The molecule has 2 aromatic heterocycles. The zero-order chi connectivity index (χ0) is 19.0. The number of hydrogen-bond donors (Lipinski definition) is 1. The van der Waals surface area contributed by atoms with Crippen LogP contribution in [0.3, 0.4) is 0 Å². The van der Waals surface area contributed by atoms with E-state index in [1.165, 1.54) is 18.0 Å². The van der Waals surface area contributed by atoms with E-state index >= 15 is 0 Å². The molecule has 0 spiro atoms. The predicted molar refractivity (Wildman–Crippen MR) is 105 cm³/mol. The Morgan fingerprint density at radius 2 is 1.93 bits per heavy atom. The Kier molecular flexibility index (Phi) is 4.57. The Labute approximate surface area is 158 Å². The van der Waals surface area contributed by atoms with Gasteiger partial charge in [-0.1, -0.05) is 18.2 Å². The van der Waals surface area contributed by atoms with Crippen LogP contribution in [0.2, 0.25) is 0 Å². The quantitative estimate of drug-likeness (QED) is 0.743. The van der Waals surface area contributed by atoms with E-state index in [4.69, 9.17) is 0 Å². The highest BCUT2D eigenvalue weighted by molar-refractivity contribution is 7.90. The smallest absolute Gasteiger partial charge is 0.177 e. The van der Waals surface area contributed by atoms with Gasteiger partial charge >= 0.3 is 0 Å². The number of anilines is 1. The summed E-state index contributed by atoms with van der Waals surface area (Å²) in [5.41, 5.74) is 2.13. The van der Waals surface area contributed by atoms with Gasteiger partial charge in [0.05, 0.1) is 16.5 Å². The molecule has 1 aliphatic heterocycles. The van der Waals surface area contributed by atoms with Gasteiger partial charge in [-0.25, -0.2) is 13.4 Å². The average Bonchev–Trinajstić information content (AvgIpc) is 3.02. The van der Waals surface area contributed by atoms with Crippen molar-refractivity contribution in [2.24, 2.45) is 5.92 Å². The molecule has 1 N–H and O–H groups in total. The minimum absolute atomic E-state index is 0.0761. The second kappa shape index (κ2) is 6.90. The maximum Gasteiger partial charge on any atom is 0.177 e. The molecule has 1 aromatic carbocycles. The van der Waals surface area contributed by atoms with Crippen LogP contribution in [0.25, 0.3) is 10.9 Å². The first-order chi connectivity index (χ1) is 12.9. The number of sulfone groups is 1. The fraction of sp³-hybridized carbons (Fsp3) is 0.300. The van der Waals surface area contributed by atoms with Crippen molar-refractivity contribution in [2.45, 2.75) is 17.4 Å². The van der Waals surface area contributed by atoms with Crippen molar-refractivity contribution in [1.29, 1.82) is 0 Å². The molecule has 3 aromatic rings. The van der Waals surface area contributed by atoms with E-state index in [2.05, 4.69) is 16.0 Å². The number of aromatic nitrogens is 2. The SMILES string of the molecule is CS(=O)(=O)c1ccc(N2C[C@@H](Cc3ccnc4ccccc34)[C@H](O)C2)nc1. The topological polar surface area (TPSA) is 83.4 Å². The molecule has 1 aliphatic rings. The van der Waals surface area contributed by atoms with E-state index in [1.54, 1.807) is 12.1 Å². The van der Waals surface area contributed by atoms with E-state index in [1.807, 2.05) is 35.4 Å². The molecule has 0 radical (unpaired) electrons. The lowest BCUT2D eigenvalue weighted by atomic mass is 9.94. The molecule has 7 heteroatoms. The van der Waals surface area contributed by atoms with Gasteiger partial charge in [-0.15, -0.1) is 0 Å². The van der Waals surface area contributed by atoms with Gasteiger partial charge in [0.15, 0.2) is 9.84 Å². The minimum atomic E-state index is -3.26. The van der Waals surface area contributed by atoms with Gasteiger partial charge in [-0.3, -0.25) is 4.98 Å². The molecule has 0 saturated carbocycles. The Balaban J connectivity index is 1.53. The lowest BCUT2D eigenvalue weighted by molar-refractivity contribution is 0.148. The fourth-order valence-corrected chi connectivity index (χ4v) is 4.20. The van der Waals surface area contributed by atoms with Crippen LogP contribution in [0.5, 0.6) is 0 Å². The van der Waals surface area contributed by atoms with Crippen LogP contribution < -0.4 is 4.90 Å². The molecule has 27 heavy (non-hydrogen) atoms. The molecule has 140 valence electrons. The summed E-state index contributed by atoms with van der Waals surface area (Å²) in [5.74, 6) is 0.760. The van der Waals surface area contributed by atoms with Crippen LogP contribution in [-0.2, 0) is 16.3 Å². The van der Waals surface area contributed by atoms with Crippen LogP contribution in [0.15, 0.2) is 59.8 Å². The molecule has 0 unspecified atom stereocenters. The third kappa shape index (κ3) is 3.65. The largest absolute Gasteiger partial charge is 0.391 e. The summed E-state index contributed by atoms with van der Waals surface area (Å²) in [6.45, 7) is 1.15. The number of β-amino-alcohol motifs (C(OH)–C–C–N with tert-alkyl or cyclic N) is 1. The van der Waals surface area contributed by atoms with E-state index < -0.39 is 15.9 Å². The Morgan fingerprint density at radius 1 is 1.11 bits per heavy atom. The van der Waals surface area contributed by atoms with Crippen LogP contribution in [0.1, 0.15) is 5.56 Å². The highest BCUT2D eigenvalue weighted by Gasteiger charge is 2.32. The number of para-hydroxylation sites is 1. The lowest BCUT2D eigenvalue weighted by Gasteiger charge is -2.17. The van der Waals surface area contributed by atoms with Crippen molar-refractivity contribution in [3.63, 3.8) is 0 Å². The van der Waals surface area contributed by atoms with Gasteiger partial charge in [0.25, 0.3) is 0 Å². The summed E-state index contributed by atoms with van der Waals surface area (Å²) in [6, 6.07) is 13.3. The minimum Gasteiger partial charge on any atom is -0.391 e. The molecule has 2 atom stereocenters. The highest BCUT2D eigenvalue weighted by atomic mass is 32.2. The Hall–Kier alpha value is -2.51. The van der Waals surface area contributed by atoms with Gasteiger partial charge in [-0.2, -0.15) is 0 Å². The zero-order valence-electron chi connectivity index (χ0n) is 15.0. The molecule has 3 heterocycles. The van der Waals surface area contributed by atoms with Crippen molar-refractivity contribution in [3.8, 4) is 0 Å². The second-order valence-corrected chi connectivity index (χ2v) is 9.06. The number of rotatable bonds is 4. The summed E-state index contributed by atoms with van der Waals surface area (Å²) >= 11 is 0. The summed E-state index contributed by atoms with van der Waals surface area (Å²) in [6.07, 6.45) is 4.64. The monoisotopic (exact) mass is 383 g/mol. The van der Waals surface area contributed by atoms with Crippen LogP contribution in [0, 0.1) is 5.92 Å². The third-order valence-corrected chi connectivity index (χ3v) is 6.20. The Morgan fingerprint density at radius 3 is 2.67 bits per heavy atom. The highest BCUT2D eigenvalue weighted by Crippen LogP contribution is 2.28. The number of benzene rings is 1. The van der Waals surface area contributed by atoms with Gasteiger partial charge in [0.1, 0.15) is 5.82 Å². The lowest BCUT2D eigenvalue weighted by Crippen LogP contribution is -2.22. The molecule has 0 amide bonds.